The normalized spacial score (nSPS) is 8.71. The predicted molar refractivity (Wildman–Crippen MR) is 27.6 cm³/mol. The van der Waals surface area contributed by atoms with Gasteiger partial charge in [-0.3, -0.25) is 0 Å². The summed E-state index contributed by atoms with van der Waals surface area (Å²) in [4.78, 5) is 12.5. The van der Waals surface area contributed by atoms with Crippen molar-refractivity contribution in [2.45, 2.75) is 13.3 Å². The van der Waals surface area contributed by atoms with Crippen molar-refractivity contribution in [1.82, 2.24) is 0 Å². The molecule has 0 saturated carbocycles. The molecule has 0 saturated heterocycles. The Balaban J connectivity index is 3.27. The molecule has 0 aromatic carbocycles. The van der Waals surface area contributed by atoms with Crippen LogP contribution in [0.25, 0.3) is 0 Å². The maximum atomic E-state index is 9.34. The molecule has 0 aromatic heterocycles. The summed E-state index contributed by atoms with van der Waals surface area (Å²) in [5.41, 5.74) is 0. The lowest BCUT2D eigenvalue weighted by atomic mass is 10.5. The first kappa shape index (κ1) is 6.12. The third-order valence-corrected chi connectivity index (χ3v) is 0.468. The lowest BCUT2D eigenvalue weighted by molar-refractivity contribution is 0.565. The highest BCUT2D eigenvalue weighted by Crippen LogP contribution is 1.76. The van der Waals surface area contributed by atoms with Gasteiger partial charge in [0.15, 0.2) is 0 Å². The number of hydrogen-bond acceptors (Lipinski definition) is 2. The Kier molecular flexibility index (Phi) is 4.48. The molecule has 0 bridgehead atoms. The van der Waals surface area contributed by atoms with E-state index in [1.54, 1.807) is 6.08 Å². The van der Waals surface area contributed by atoms with Crippen LogP contribution in [0.2, 0.25) is 0 Å². The molecule has 0 aliphatic rings. The van der Waals surface area contributed by atoms with Crippen LogP contribution >= 0.6 is 0 Å². The minimum absolute atomic E-state index is 0.908. The summed E-state index contributed by atoms with van der Waals surface area (Å²) < 4.78 is 0. The summed E-state index contributed by atoms with van der Waals surface area (Å²) >= 11 is 0. The molecule has 0 spiro atoms. The summed E-state index contributed by atoms with van der Waals surface area (Å²) in [5.74, 6) is 0. The lowest BCUT2D eigenvalue weighted by Crippen LogP contribution is -1.49. The van der Waals surface area contributed by atoms with Gasteiger partial charge < -0.3 is 0 Å². The lowest BCUT2D eigenvalue weighted by Gasteiger charge is -1.66. The molecule has 0 radical (unpaired) electrons. The van der Waals surface area contributed by atoms with E-state index in [1.165, 1.54) is 12.3 Å². The Morgan fingerprint density at radius 3 is 3.00 bits per heavy atom. The fraction of sp³-hybridized carbons (Fsp3) is 0.400. The first-order valence-electron chi connectivity index (χ1n) is 2.13. The van der Waals surface area contributed by atoms with Crippen LogP contribution in [0, 0.1) is 0 Å². The molecule has 0 aliphatic heterocycles. The van der Waals surface area contributed by atoms with E-state index >= 15 is 0 Å². The van der Waals surface area contributed by atoms with Crippen LogP contribution in [-0.2, 0) is 4.79 Å². The van der Waals surface area contributed by atoms with Crippen molar-refractivity contribution in [1.29, 1.82) is 0 Å². The van der Waals surface area contributed by atoms with Crippen molar-refractivity contribution in [2.24, 2.45) is 4.99 Å². The van der Waals surface area contributed by atoms with Gasteiger partial charge in [0, 0.05) is 6.20 Å². The molecule has 2 heteroatoms. The summed E-state index contributed by atoms with van der Waals surface area (Å²) in [5, 5.41) is 0. The van der Waals surface area contributed by atoms with E-state index < -0.39 is 0 Å². The first-order chi connectivity index (χ1) is 3.41. The van der Waals surface area contributed by atoms with Crippen LogP contribution in [0.3, 0.4) is 0 Å². The van der Waals surface area contributed by atoms with Gasteiger partial charge in [0.25, 0.3) is 0 Å². The quantitative estimate of drug-likeness (QED) is 0.376. The van der Waals surface area contributed by atoms with Crippen LogP contribution in [0.1, 0.15) is 13.3 Å². The number of allylic oxidation sites excluding steroid dienone is 1. The summed E-state index contributed by atoms with van der Waals surface area (Å²) in [6.45, 7) is 1.97. The van der Waals surface area contributed by atoms with Gasteiger partial charge in [0.2, 0.25) is 6.08 Å². The Hall–Kier alpha value is -0.880. The molecule has 38 valence electrons. The molecular weight excluding hydrogens is 90.1 g/mol. The highest BCUT2D eigenvalue weighted by atomic mass is 16.1. The number of nitrogens with zero attached hydrogens (tertiary/aromatic N) is 1. The molecule has 0 fully saturated rings. The fourth-order valence-corrected chi connectivity index (χ4v) is 0.189. The zero-order chi connectivity index (χ0) is 5.54. The van der Waals surface area contributed by atoms with E-state index in [0.717, 1.165) is 6.42 Å². The minimum atomic E-state index is 0.908. The molecule has 0 rings (SSSR count). The van der Waals surface area contributed by atoms with Gasteiger partial charge in [0.05, 0.1) is 0 Å². The number of rotatable bonds is 2. The molecule has 7 heavy (non-hydrogen) atoms. The average molecular weight is 97.1 g/mol. The van der Waals surface area contributed by atoms with Crippen LogP contribution in [0.5, 0.6) is 0 Å². The second-order valence-electron chi connectivity index (χ2n) is 1.01. The fourth-order valence-electron chi connectivity index (χ4n) is 0.189. The van der Waals surface area contributed by atoms with Gasteiger partial charge in [-0.2, -0.15) is 4.99 Å². The zero-order valence-electron chi connectivity index (χ0n) is 4.22. The molecule has 0 aromatic rings. The van der Waals surface area contributed by atoms with Gasteiger partial charge >= 0.3 is 0 Å². The van der Waals surface area contributed by atoms with Crippen molar-refractivity contribution in [3.05, 3.63) is 12.3 Å². The average Bonchev–Trinajstić information content (AvgIpc) is 1.69. The molecule has 0 aliphatic carbocycles. The van der Waals surface area contributed by atoms with Gasteiger partial charge in [-0.15, -0.1) is 0 Å². The van der Waals surface area contributed by atoms with Crippen LogP contribution in [0.15, 0.2) is 17.3 Å². The van der Waals surface area contributed by atoms with Crippen molar-refractivity contribution >= 4 is 6.08 Å². The zero-order valence-corrected chi connectivity index (χ0v) is 4.22. The van der Waals surface area contributed by atoms with Crippen LogP contribution in [-0.4, -0.2) is 6.08 Å². The topological polar surface area (TPSA) is 29.4 Å². The van der Waals surface area contributed by atoms with E-state index in [4.69, 9.17) is 0 Å². The maximum absolute atomic E-state index is 9.34. The van der Waals surface area contributed by atoms with E-state index in [2.05, 4.69) is 4.99 Å². The van der Waals surface area contributed by atoms with Crippen molar-refractivity contribution < 1.29 is 4.79 Å². The molecule has 0 unspecified atom stereocenters. The second-order valence-corrected chi connectivity index (χ2v) is 1.01. The Bertz CT molecular complexity index is 101. The summed E-state index contributed by atoms with van der Waals surface area (Å²) in [7, 11) is 0. The van der Waals surface area contributed by atoms with Crippen molar-refractivity contribution in [3.8, 4) is 0 Å². The van der Waals surface area contributed by atoms with Gasteiger partial charge in [-0.05, 0) is 6.42 Å². The summed E-state index contributed by atoms with van der Waals surface area (Å²) in [6.07, 6.45) is 5.52. The molecule has 2 nitrogen and oxygen atoms in total. The van der Waals surface area contributed by atoms with Crippen molar-refractivity contribution in [3.63, 3.8) is 0 Å². The molecule has 0 heterocycles. The molecular formula is C5H7NO. The SMILES string of the molecule is CC/C=C/N=C=O. The largest absolute Gasteiger partial charge is 0.239 e. The van der Waals surface area contributed by atoms with Gasteiger partial charge in [0.1, 0.15) is 0 Å². The molecule has 0 atom stereocenters. The number of hydrogen-bond donors (Lipinski definition) is 0. The van der Waals surface area contributed by atoms with Crippen LogP contribution in [0.4, 0.5) is 0 Å². The number of isocyanates is 1. The molecule has 0 amide bonds. The van der Waals surface area contributed by atoms with Gasteiger partial charge in [-0.1, -0.05) is 13.0 Å². The highest BCUT2D eigenvalue weighted by Gasteiger charge is 1.58. The smallest absolute Gasteiger partial charge is 0.211 e. The number of carbonyl (C=O) groups excluding carboxylic acids is 1. The Morgan fingerprint density at radius 2 is 2.57 bits per heavy atom. The van der Waals surface area contributed by atoms with Crippen LogP contribution < -0.4 is 0 Å². The van der Waals surface area contributed by atoms with Gasteiger partial charge in [-0.25, -0.2) is 4.79 Å². The third-order valence-electron chi connectivity index (χ3n) is 0.468. The van der Waals surface area contributed by atoms with E-state index in [0.29, 0.717) is 0 Å². The molecule has 0 N–H and O–H groups in total. The first-order valence-corrected chi connectivity index (χ1v) is 2.13. The van der Waals surface area contributed by atoms with E-state index in [9.17, 15) is 4.79 Å². The van der Waals surface area contributed by atoms with E-state index in [1.807, 2.05) is 6.92 Å². The summed E-state index contributed by atoms with van der Waals surface area (Å²) in [6, 6.07) is 0. The number of aliphatic imine (C=N–C) groups is 1. The maximum Gasteiger partial charge on any atom is 0.239 e. The standard InChI is InChI=1S/C5H7NO/c1-2-3-4-6-5-7/h3-4H,2H2,1H3/b4-3+. The Labute approximate surface area is 42.6 Å². The third kappa shape index (κ3) is 5.12. The monoisotopic (exact) mass is 97.1 g/mol. The Morgan fingerprint density at radius 1 is 1.86 bits per heavy atom. The highest BCUT2D eigenvalue weighted by molar-refractivity contribution is 5.34. The van der Waals surface area contributed by atoms with Crippen molar-refractivity contribution in [2.75, 3.05) is 0 Å². The van der Waals surface area contributed by atoms with E-state index in [-0.39, 0.29) is 0 Å². The second kappa shape index (κ2) is 5.12. The predicted octanol–water partition coefficient (Wildman–Crippen LogP) is 1.25. The minimum Gasteiger partial charge on any atom is -0.211 e.